The zero-order valence-corrected chi connectivity index (χ0v) is 19.3. The van der Waals surface area contributed by atoms with Gasteiger partial charge >= 0.3 is 0 Å². The molecule has 4 saturated carbocycles. The van der Waals surface area contributed by atoms with Gasteiger partial charge in [-0.15, -0.1) is 0 Å². The standard InChI is InChI=1S/C25H38O6/c1-20-8-9-23(29-12-13-30-23)15-24(20)19(31-24)14-16-17(20)4-6-21(2)18(16)5-7-25(21,26)22(3)27-10-11-28-22/h16-19,26H,4-15H2,1-3H3/t16-,17+,18+,19-,20-,21+,24+,25-/m1/s1. The van der Waals surface area contributed by atoms with Crippen LogP contribution >= 0.6 is 0 Å². The highest BCUT2D eigenvalue weighted by atomic mass is 16.8. The SMILES string of the molecule is CC1([C@@]2(O)CC[C@H]3[C@@H]4C[C@H]5O[C@@]56CC5(CC[C@]6(C)[C@H]4CC[C@@]32C)OCCO5)OCCO1. The van der Waals surface area contributed by atoms with Crippen LogP contribution in [-0.2, 0) is 23.7 Å². The number of ether oxygens (including phenoxy) is 5. The van der Waals surface area contributed by atoms with Crippen molar-refractivity contribution in [1.82, 2.24) is 0 Å². The lowest BCUT2D eigenvalue weighted by Crippen LogP contribution is -2.65. The number of hydrogen-bond donors (Lipinski definition) is 1. The van der Waals surface area contributed by atoms with E-state index in [1.54, 1.807) is 0 Å². The third-order valence-electron chi connectivity index (χ3n) is 11.6. The number of aliphatic hydroxyl groups is 1. The number of hydrogen-bond acceptors (Lipinski definition) is 6. The van der Waals surface area contributed by atoms with Gasteiger partial charge in [0.2, 0.25) is 0 Å². The molecule has 31 heavy (non-hydrogen) atoms. The van der Waals surface area contributed by atoms with Crippen molar-refractivity contribution in [2.24, 2.45) is 28.6 Å². The molecule has 7 aliphatic rings. The molecule has 3 saturated heterocycles. The molecule has 6 heteroatoms. The summed E-state index contributed by atoms with van der Waals surface area (Å²) in [5, 5.41) is 12.1. The van der Waals surface area contributed by atoms with E-state index in [0.717, 1.165) is 51.4 Å². The summed E-state index contributed by atoms with van der Waals surface area (Å²) in [6.07, 6.45) is 8.44. The van der Waals surface area contributed by atoms with Gasteiger partial charge in [0.25, 0.3) is 0 Å². The summed E-state index contributed by atoms with van der Waals surface area (Å²) in [7, 11) is 0. The Kier molecular flexibility index (Phi) is 3.82. The van der Waals surface area contributed by atoms with E-state index >= 15 is 0 Å². The maximum Gasteiger partial charge on any atom is 0.195 e. The van der Waals surface area contributed by atoms with Crippen LogP contribution in [0.3, 0.4) is 0 Å². The van der Waals surface area contributed by atoms with Crippen molar-refractivity contribution in [2.75, 3.05) is 26.4 Å². The zero-order chi connectivity index (χ0) is 21.3. The van der Waals surface area contributed by atoms with E-state index in [1.165, 1.54) is 0 Å². The van der Waals surface area contributed by atoms with E-state index in [1.807, 2.05) is 6.92 Å². The molecular weight excluding hydrogens is 396 g/mol. The molecule has 6 nitrogen and oxygen atoms in total. The van der Waals surface area contributed by atoms with Crippen LogP contribution in [0.25, 0.3) is 0 Å². The van der Waals surface area contributed by atoms with Crippen molar-refractivity contribution in [3.8, 4) is 0 Å². The predicted octanol–water partition coefficient (Wildman–Crippen LogP) is 3.40. The van der Waals surface area contributed by atoms with Gasteiger partial charge in [0.05, 0.1) is 32.5 Å². The second-order valence-electron chi connectivity index (χ2n) is 12.3. The summed E-state index contributed by atoms with van der Waals surface area (Å²) in [5.41, 5.74) is -0.989. The molecule has 2 spiro atoms. The average Bonchev–Trinajstić information content (AvgIpc) is 3.07. The molecule has 7 rings (SSSR count). The summed E-state index contributed by atoms with van der Waals surface area (Å²) >= 11 is 0. The van der Waals surface area contributed by atoms with E-state index in [2.05, 4.69) is 13.8 Å². The molecule has 0 amide bonds. The fourth-order valence-corrected chi connectivity index (χ4v) is 9.88. The van der Waals surface area contributed by atoms with Crippen LogP contribution in [0.15, 0.2) is 0 Å². The van der Waals surface area contributed by atoms with Crippen LogP contribution in [0.1, 0.15) is 72.1 Å². The topological polar surface area (TPSA) is 69.7 Å². The Morgan fingerprint density at radius 2 is 1.39 bits per heavy atom. The molecule has 3 heterocycles. The first-order chi connectivity index (χ1) is 14.7. The van der Waals surface area contributed by atoms with E-state index in [4.69, 9.17) is 23.7 Å². The van der Waals surface area contributed by atoms with E-state index < -0.39 is 17.2 Å². The van der Waals surface area contributed by atoms with Gasteiger partial charge in [0.15, 0.2) is 11.6 Å². The minimum absolute atomic E-state index is 0.0664. The lowest BCUT2D eigenvalue weighted by atomic mass is 9.43. The first-order valence-corrected chi connectivity index (χ1v) is 12.7. The number of rotatable bonds is 1. The van der Waals surface area contributed by atoms with Gasteiger partial charge in [0, 0.05) is 23.7 Å². The third kappa shape index (κ3) is 2.17. The molecule has 1 N–H and O–H groups in total. The summed E-state index contributed by atoms with van der Waals surface area (Å²) in [5.74, 6) is 0.459. The van der Waals surface area contributed by atoms with Gasteiger partial charge < -0.3 is 28.8 Å². The summed E-state index contributed by atoms with van der Waals surface area (Å²) < 4.78 is 31.0. The Morgan fingerprint density at radius 3 is 2.13 bits per heavy atom. The van der Waals surface area contributed by atoms with Crippen molar-refractivity contribution in [3.63, 3.8) is 0 Å². The Hall–Kier alpha value is -0.240. The molecule has 174 valence electrons. The summed E-state index contributed by atoms with van der Waals surface area (Å²) in [6.45, 7) is 9.38. The molecule has 0 bridgehead atoms. The molecule has 8 atom stereocenters. The molecule has 0 aromatic heterocycles. The normalized spacial score (nSPS) is 58.5. The minimum atomic E-state index is -0.922. The highest BCUT2D eigenvalue weighted by molar-refractivity contribution is 5.27. The van der Waals surface area contributed by atoms with Crippen molar-refractivity contribution < 1.29 is 28.8 Å². The molecule has 0 aromatic carbocycles. The highest BCUT2D eigenvalue weighted by Gasteiger charge is 2.80. The largest absolute Gasteiger partial charge is 0.384 e. The quantitative estimate of drug-likeness (QED) is 0.638. The molecule has 7 fully saturated rings. The van der Waals surface area contributed by atoms with Crippen molar-refractivity contribution in [3.05, 3.63) is 0 Å². The van der Waals surface area contributed by atoms with Crippen LogP contribution < -0.4 is 0 Å². The highest BCUT2D eigenvalue weighted by Crippen LogP contribution is 2.76. The van der Waals surface area contributed by atoms with Crippen molar-refractivity contribution in [1.29, 1.82) is 0 Å². The lowest BCUT2D eigenvalue weighted by molar-refractivity contribution is -0.301. The van der Waals surface area contributed by atoms with Crippen LogP contribution in [0.5, 0.6) is 0 Å². The Morgan fingerprint density at radius 1 is 0.742 bits per heavy atom. The molecule has 0 aromatic rings. The summed E-state index contributed by atoms with van der Waals surface area (Å²) in [4.78, 5) is 0. The van der Waals surface area contributed by atoms with E-state index in [0.29, 0.717) is 50.3 Å². The van der Waals surface area contributed by atoms with Gasteiger partial charge in [0.1, 0.15) is 11.2 Å². The molecule has 4 aliphatic carbocycles. The Labute approximate surface area is 185 Å². The van der Waals surface area contributed by atoms with E-state index in [-0.39, 0.29) is 16.4 Å². The van der Waals surface area contributed by atoms with Gasteiger partial charge in [-0.05, 0) is 63.2 Å². The Bertz CT molecular complexity index is 789. The first kappa shape index (κ1) is 20.2. The molecule has 0 radical (unpaired) electrons. The van der Waals surface area contributed by atoms with Crippen molar-refractivity contribution >= 4 is 0 Å². The van der Waals surface area contributed by atoms with Gasteiger partial charge in [-0.3, -0.25) is 0 Å². The van der Waals surface area contributed by atoms with Crippen molar-refractivity contribution in [2.45, 2.75) is 101 Å². The van der Waals surface area contributed by atoms with Crippen LogP contribution in [0.2, 0.25) is 0 Å². The first-order valence-electron chi connectivity index (χ1n) is 12.7. The second kappa shape index (κ2) is 5.87. The fraction of sp³-hybridized carbons (Fsp3) is 1.00. The zero-order valence-electron chi connectivity index (χ0n) is 19.3. The van der Waals surface area contributed by atoms with E-state index in [9.17, 15) is 5.11 Å². The minimum Gasteiger partial charge on any atom is -0.384 e. The Balaban J connectivity index is 1.21. The predicted molar refractivity (Wildman–Crippen MR) is 111 cm³/mol. The second-order valence-corrected chi connectivity index (χ2v) is 12.3. The fourth-order valence-electron chi connectivity index (χ4n) is 9.88. The average molecular weight is 435 g/mol. The monoisotopic (exact) mass is 434 g/mol. The van der Waals surface area contributed by atoms with Gasteiger partial charge in [-0.25, -0.2) is 0 Å². The van der Waals surface area contributed by atoms with Gasteiger partial charge in [-0.2, -0.15) is 0 Å². The summed E-state index contributed by atoms with van der Waals surface area (Å²) in [6, 6.07) is 0. The molecule has 0 unspecified atom stereocenters. The van der Waals surface area contributed by atoms with Crippen LogP contribution in [-0.4, -0.2) is 60.4 Å². The maximum absolute atomic E-state index is 12.1. The smallest absolute Gasteiger partial charge is 0.195 e. The van der Waals surface area contributed by atoms with Gasteiger partial charge in [-0.1, -0.05) is 13.8 Å². The maximum atomic E-state index is 12.1. The van der Waals surface area contributed by atoms with Crippen LogP contribution in [0, 0.1) is 28.6 Å². The molecular formula is C25H38O6. The lowest BCUT2D eigenvalue weighted by Gasteiger charge is -2.61. The van der Waals surface area contributed by atoms with Crippen LogP contribution in [0.4, 0.5) is 0 Å². The number of fused-ring (bicyclic) bond motifs is 4. The third-order valence-corrected chi connectivity index (χ3v) is 11.6. The molecule has 3 aliphatic heterocycles. The number of epoxide rings is 1.